The molecule has 1 unspecified atom stereocenters. The first kappa shape index (κ1) is 18.1. The molecule has 1 aromatic carbocycles. The van der Waals surface area contributed by atoms with Gasteiger partial charge in [-0.2, -0.15) is 0 Å². The van der Waals surface area contributed by atoms with Crippen molar-refractivity contribution in [2.45, 2.75) is 31.7 Å². The molecule has 0 bridgehead atoms. The summed E-state index contributed by atoms with van der Waals surface area (Å²) in [6.45, 7) is 4.70. The summed E-state index contributed by atoms with van der Waals surface area (Å²) in [6, 6.07) is 6.99. The highest BCUT2D eigenvalue weighted by Gasteiger charge is 2.28. The van der Waals surface area contributed by atoms with E-state index in [2.05, 4.69) is 9.80 Å². The standard InChI is InChI=1S/C19H28FN3O2/c20-16-5-7-18(8-6-16)21-10-12-22(13-11-21)19(25)15-23-9-1-3-17(23)4-2-14-24/h5-8,17,24H,1-4,9-15H2. The fraction of sp³-hybridized carbons (Fsp3) is 0.632. The number of anilines is 1. The lowest BCUT2D eigenvalue weighted by molar-refractivity contribution is -0.133. The Morgan fingerprint density at radius 1 is 1.12 bits per heavy atom. The number of carbonyl (C=O) groups excluding carboxylic acids is 1. The molecule has 2 heterocycles. The average molecular weight is 349 g/mol. The third-order valence-electron chi connectivity index (χ3n) is 5.36. The number of hydrogen-bond acceptors (Lipinski definition) is 4. The molecule has 0 saturated carbocycles. The number of aliphatic hydroxyl groups excluding tert-OH is 1. The molecule has 0 radical (unpaired) electrons. The molecule has 2 fully saturated rings. The van der Waals surface area contributed by atoms with Gasteiger partial charge in [0.15, 0.2) is 0 Å². The number of nitrogens with zero attached hydrogens (tertiary/aromatic N) is 3. The van der Waals surface area contributed by atoms with Crippen LogP contribution in [0.3, 0.4) is 0 Å². The maximum atomic E-state index is 13.0. The van der Waals surface area contributed by atoms with Crippen LogP contribution in [-0.4, -0.2) is 72.7 Å². The normalized spacial score (nSPS) is 21.8. The van der Waals surface area contributed by atoms with Crippen molar-refractivity contribution in [3.63, 3.8) is 0 Å². The maximum absolute atomic E-state index is 13.0. The largest absolute Gasteiger partial charge is 0.396 e. The Morgan fingerprint density at radius 3 is 2.52 bits per heavy atom. The minimum atomic E-state index is -0.223. The van der Waals surface area contributed by atoms with Crippen LogP contribution in [0.5, 0.6) is 0 Å². The van der Waals surface area contributed by atoms with Gasteiger partial charge >= 0.3 is 0 Å². The van der Waals surface area contributed by atoms with Crippen LogP contribution in [0.1, 0.15) is 25.7 Å². The molecule has 1 atom stereocenters. The van der Waals surface area contributed by atoms with Crippen LogP contribution in [0.4, 0.5) is 10.1 Å². The highest BCUT2D eigenvalue weighted by atomic mass is 19.1. The summed E-state index contributed by atoms with van der Waals surface area (Å²) in [7, 11) is 0. The van der Waals surface area contributed by atoms with Crippen LogP contribution in [0.2, 0.25) is 0 Å². The van der Waals surface area contributed by atoms with E-state index in [0.717, 1.165) is 51.0 Å². The molecule has 3 rings (SSSR count). The number of aliphatic hydroxyl groups is 1. The average Bonchev–Trinajstić information content (AvgIpc) is 3.07. The van der Waals surface area contributed by atoms with E-state index in [1.807, 2.05) is 4.90 Å². The Kier molecular flexibility index (Phi) is 6.26. The van der Waals surface area contributed by atoms with Crippen molar-refractivity contribution in [3.8, 4) is 0 Å². The van der Waals surface area contributed by atoms with Gasteiger partial charge in [-0.05, 0) is 56.5 Å². The van der Waals surface area contributed by atoms with Gasteiger partial charge in [0.2, 0.25) is 5.91 Å². The van der Waals surface area contributed by atoms with Crippen molar-refractivity contribution in [3.05, 3.63) is 30.1 Å². The van der Waals surface area contributed by atoms with Crippen molar-refractivity contribution in [1.29, 1.82) is 0 Å². The fourth-order valence-electron chi connectivity index (χ4n) is 3.90. The van der Waals surface area contributed by atoms with E-state index in [1.54, 1.807) is 12.1 Å². The van der Waals surface area contributed by atoms with Crippen molar-refractivity contribution in [1.82, 2.24) is 9.80 Å². The van der Waals surface area contributed by atoms with Gasteiger partial charge < -0.3 is 14.9 Å². The molecule has 1 aromatic rings. The van der Waals surface area contributed by atoms with E-state index >= 15 is 0 Å². The first-order chi connectivity index (χ1) is 12.2. The Hall–Kier alpha value is -1.66. The molecule has 5 nitrogen and oxygen atoms in total. The van der Waals surface area contributed by atoms with E-state index in [9.17, 15) is 9.18 Å². The second-order valence-corrected chi connectivity index (χ2v) is 6.98. The van der Waals surface area contributed by atoms with E-state index in [1.165, 1.54) is 12.1 Å². The minimum absolute atomic E-state index is 0.203. The molecule has 0 spiro atoms. The molecule has 1 N–H and O–H groups in total. The van der Waals surface area contributed by atoms with Crippen LogP contribution in [-0.2, 0) is 4.79 Å². The minimum Gasteiger partial charge on any atom is -0.396 e. The molecule has 0 aromatic heterocycles. The summed E-state index contributed by atoms with van der Waals surface area (Å²) < 4.78 is 13.0. The number of benzene rings is 1. The molecule has 1 amide bonds. The SMILES string of the molecule is O=C(CN1CCCC1CCCO)N1CCN(c2ccc(F)cc2)CC1. The molecule has 6 heteroatoms. The first-order valence-corrected chi connectivity index (χ1v) is 9.30. The van der Waals surface area contributed by atoms with Gasteiger partial charge in [-0.15, -0.1) is 0 Å². The summed E-state index contributed by atoms with van der Waals surface area (Å²) in [5, 5.41) is 9.01. The number of carbonyl (C=O) groups is 1. The van der Waals surface area contributed by atoms with E-state index in [-0.39, 0.29) is 18.3 Å². The lowest BCUT2D eigenvalue weighted by atomic mass is 10.1. The molecule has 2 saturated heterocycles. The lowest BCUT2D eigenvalue weighted by Crippen LogP contribution is -2.51. The highest BCUT2D eigenvalue weighted by Crippen LogP contribution is 2.22. The third kappa shape index (κ3) is 4.70. The van der Waals surface area contributed by atoms with Crippen LogP contribution in [0.25, 0.3) is 0 Å². The second kappa shape index (κ2) is 8.63. The maximum Gasteiger partial charge on any atom is 0.236 e. The third-order valence-corrected chi connectivity index (χ3v) is 5.36. The van der Waals surface area contributed by atoms with Gasteiger partial charge in [-0.3, -0.25) is 9.69 Å². The van der Waals surface area contributed by atoms with Gasteiger partial charge in [0.25, 0.3) is 0 Å². The zero-order valence-electron chi connectivity index (χ0n) is 14.7. The number of hydrogen-bond donors (Lipinski definition) is 1. The second-order valence-electron chi connectivity index (χ2n) is 6.98. The van der Waals surface area contributed by atoms with Crippen LogP contribution < -0.4 is 4.90 Å². The van der Waals surface area contributed by atoms with Crippen LogP contribution in [0, 0.1) is 5.82 Å². The Bertz CT molecular complexity index is 558. The predicted octanol–water partition coefficient (Wildman–Crippen LogP) is 1.71. The van der Waals surface area contributed by atoms with Crippen molar-refractivity contribution in [2.75, 3.05) is 50.8 Å². The smallest absolute Gasteiger partial charge is 0.236 e. The summed E-state index contributed by atoms with van der Waals surface area (Å²) >= 11 is 0. The Labute approximate surface area is 149 Å². The first-order valence-electron chi connectivity index (χ1n) is 9.30. The lowest BCUT2D eigenvalue weighted by Gasteiger charge is -2.37. The van der Waals surface area contributed by atoms with Crippen LogP contribution >= 0.6 is 0 Å². The van der Waals surface area contributed by atoms with Gasteiger partial charge in [-0.25, -0.2) is 4.39 Å². The van der Waals surface area contributed by atoms with Crippen molar-refractivity contribution >= 4 is 11.6 Å². The summed E-state index contributed by atoms with van der Waals surface area (Å²) in [4.78, 5) is 19.1. The van der Waals surface area contributed by atoms with E-state index < -0.39 is 0 Å². The van der Waals surface area contributed by atoms with E-state index in [4.69, 9.17) is 5.11 Å². The summed E-state index contributed by atoms with van der Waals surface area (Å²) in [6.07, 6.45) is 4.06. The zero-order valence-corrected chi connectivity index (χ0v) is 14.7. The summed E-state index contributed by atoms with van der Waals surface area (Å²) in [5.41, 5.74) is 1.01. The Morgan fingerprint density at radius 2 is 1.84 bits per heavy atom. The van der Waals surface area contributed by atoms with Crippen molar-refractivity contribution in [2.24, 2.45) is 0 Å². The zero-order chi connectivity index (χ0) is 17.6. The molecule has 25 heavy (non-hydrogen) atoms. The van der Waals surface area contributed by atoms with E-state index in [0.29, 0.717) is 25.7 Å². The quantitative estimate of drug-likeness (QED) is 0.849. The predicted molar refractivity (Wildman–Crippen MR) is 96.1 cm³/mol. The van der Waals surface area contributed by atoms with Crippen LogP contribution in [0.15, 0.2) is 24.3 Å². The molecule has 2 aliphatic heterocycles. The van der Waals surface area contributed by atoms with Gasteiger partial charge in [0, 0.05) is 44.5 Å². The van der Waals surface area contributed by atoms with Gasteiger partial charge in [0.1, 0.15) is 5.82 Å². The van der Waals surface area contributed by atoms with Crippen molar-refractivity contribution < 1.29 is 14.3 Å². The summed E-state index contributed by atoms with van der Waals surface area (Å²) in [5.74, 6) is -0.0198. The van der Waals surface area contributed by atoms with Gasteiger partial charge in [0.05, 0.1) is 6.54 Å². The number of amides is 1. The van der Waals surface area contributed by atoms with Gasteiger partial charge in [-0.1, -0.05) is 0 Å². The monoisotopic (exact) mass is 349 g/mol. The topological polar surface area (TPSA) is 47.0 Å². The molecule has 2 aliphatic rings. The Balaban J connectivity index is 1.47. The highest BCUT2D eigenvalue weighted by molar-refractivity contribution is 5.78. The number of likely N-dealkylation sites (tertiary alicyclic amines) is 1. The number of piperazine rings is 1. The molecule has 138 valence electrons. The molecular weight excluding hydrogens is 321 g/mol. The molecule has 0 aliphatic carbocycles. The molecular formula is C19H28FN3O2. The number of rotatable bonds is 6. The number of halogens is 1. The fourth-order valence-corrected chi connectivity index (χ4v) is 3.90.